The molecule has 0 unspecified atom stereocenters. The normalized spacial score (nSPS) is 18.5. The summed E-state index contributed by atoms with van der Waals surface area (Å²) in [6, 6.07) is 11.1. The Morgan fingerprint density at radius 3 is 2.50 bits per heavy atom. The van der Waals surface area contributed by atoms with Crippen LogP contribution in [0, 0.1) is 23.0 Å². The first kappa shape index (κ1) is 26.0. The predicted octanol–water partition coefficient (Wildman–Crippen LogP) is 4.53. The Morgan fingerprint density at radius 2 is 1.84 bits per heavy atom. The molecular weight excluding hydrogens is 512 g/mol. The van der Waals surface area contributed by atoms with E-state index >= 15 is 0 Å². The number of anilines is 1. The summed E-state index contributed by atoms with van der Waals surface area (Å²) in [5.74, 6) is -3.29. The summed E-state index contributed by atoms with van der Waals surface area (Å²) in [7, 11) is -4.36. The highest BCUT2D eigenvalue weighted by atomic mass is 32.2. The molecule has 2 heterocycles. The van der Waals surface area contributed by atoms with Crippen LogP contribution in [0.25, 0.3) is 0 Å². The number of rotatable bonds is 7. The van der Waals surface area contributed by atoms with Gasteiger partial charge in [0.15, 0.2) is 11.6 Å². The minimum atomic E-state index is -4.36. The second kappa shape index (κ2) is 10.6. The van der Waals surface area contributed by atoms with Gasteiger partial charge < -0.3 is 9.47 Å². The number of benzene rings is 2. The first-order valence-electron chi connectivity index (χ1n) is 12.6. The van der Waals surface area contributed by atoms with Crippen LogP contribution in [-0.4, -0.2) is 40.8 Å². The molecule has 2 fully saturated rings. The van der Waals surface area contributed by atoms with Crippen LogP contribution in [0.15, 0.2) is 59.9 Å². The van der Waals surface area contributed by atoms with E-state index in [1.807, 2.05) is 12.3 Å². The molecule has 0 bridgehead atoms. The van der Waals surface area contributed by atoms with Crippen LogP contribution in [-0.2, 0) is 21.4 Å². The molecule has 1 aliphatic heterocycles. The number of imidazole rings is 1. The van der Waals surface area contributed by atoms with E-state index in [1.54, 1.807) is 30.6 Å². The lowest BCUT2D eigenvalue weighted by atomic mass is 9.95. The van der Waals surface area contributed by atoms with Gasteiger partial charge in [0.2, 0.25) is 15.9 Å². The summed E-state index contributed by atoms with van der Waals surface area (Å²) in [5.41, 5.74) is 0.556. The van der Waals surface area contributed by atoms with Crippen molar-refractivity contribution >= 4 is 21.6 Å². The number of carbonyl (C=O) groups is 1. The molecule has 2 aromatic carbocycles. The van der Waals surface area contributed by atoms with Crippen molar-refractivity contribution in [2.45, 2.75) is 62.0 Å². The average molecular weight is 540 g/mol. The fourth-order valence-electron chi connectivity index (χ4n) is 5.11. The number of nitrogens with zero attached hydrogens (tertiary/aromatic N) is 5. The molecule has 0 spiro atoms. The minimum Gasteiger partial charge on any atom is -0.334 e. The molecule has 0 radical (unpaired) electrons. The van der Waals surface area contributed by atoms with Gasteiger partial charge in [0.25, 0.3) is 0 Å². The lowest BCUT2D eigenvalue weighted by Crippen LogP contribution is -2.59. The van der Waals surface area contributed by atoms with Gasteiger partial charge in [-0.25, -0.2) is 22.2 Å². The Kier molecular flexibility index (Phi) is 7.27. The molecule has 1 aliphatic carbocycles. The number of amides is 1. The zero-order valence-corrected chi connectivity index (χ0v) is 21.4. The van der Waals surface area contributed by atoms with E-state index < -0.39 is 44.1 Å². The molecule has 1 atom stereocenters. The summed E-state index contributed by atoms with van der Waals surface area (Å²) in [4.78, 5) is 19.2. The van der Waals surface area contributed by atoms with E-state index in [-0.39, 0.29) is 19.5 Å². The quantitative estimate of drug-likeness (QED) is 0.439. The van der Waals surface area contributed by atoms with Crippen molar-refractivity contribution in [3.63, 3.8) is 0 Å². The van der Waals surface area contributed by atoms with Crippen LogP contribution in [0.4, 0.5) is 14.5 Å². The van der Waals surface area contributed by atoms with Crippen molar-refractivity contribution in [1.29, 1.82) is 5.26 Å². The maximum atomic E-state index is 14.0. The highest BCUT2D eigenvalue weighted by molar-refractivity contribution is 7.89. The van der Waals surface area contributed by atoms with Gasteiger partial charge in [0, 0.05) is 24.5 Å². The molecule has 38 heavy (non-hydrogen) atoms. The molecule has 1 aromatic heterocycles. The summed E-state index contributed by atoms with van der Waals surface area (Å²) in [6.45, 7) is 0.190. The zero-order valence-electron chi connectivity index (χ0n) is 20.6. The largest absolute Gasteiger partial charge is 0.334 e. The van der Waals surface area contributed by atoms with Crippen molar-refractivity contribution in [1.82, 2.24) is 13.9 Å². The van der Waals surface area contributed by atoms with Crippen LogP contribution in [0.3, 0.4) is 0 Å². The number of nitriles is 1. The van der Waals surface area contributed by atoms with Gasteiger partial charge in [0.1, 0.15) is 12.1 Å². The van der Waals surface area contributed by atoms with Gasteiger partial charge >= 0.3 is 0 Å². The maximum Gasteiger partial charge on any atom is 0.245 e. The predicted molar refractivity (Wildman–Crippen MR) is 135 cm³/mol. The Hall–Kier alpha value is -3.62. The topological polar surface area (TPSA) is 99.3 Å². The first-order valence-corrected chi connectivity index (χ1v) is 14.0. The Morgan fingerprint density at radius 1 is 1.11 bits per heavy atom. The number of para-hydroxylation sites is 1. The van der Waals surface area contributed by atoms with Crippen molar-refractivity contribution in [3.05, 3.63) is 77.9 Å². The molecule has 3 aromatic rings. The van der Waals surface area contributed by atoms with Gasteiger partial charge in [0.05, 0.1) is 29.0 Å². The van der Waals surface area contributed by atoms with Gasteiger partial charge in [-0.05, 0) is 43.5 Å². The second-order valence-corrected chi connectivity index (χ2v) is 11.6. The lowest BCUT2D eigenvalue weighted by molar-refractivity contribution is -0.125. The summed E-state index contributed by atoms with van der Waals surface area (Å²) < 4.78 is 57.5. The van der Waals surface area contributed by atoms with Crippen LogP contribution >= 0.6 is 0 Å². The number of aromatic nitrogens is 2. The smallest absolute Gasteiger partial charge is 0.245 e. The standard InChI is InChI=1S/C27H27F2N5O3S/c28-24-14-23(13-19(15-30)26(24)29)38(36,37)34-12-11-25(34)27(35)33(22-9-5-2-6-10-22)17-20-16-32(18-31-20)21-7-3-1-4-8-21/h2,5-6,9-10,13-14,16,18,21,25H,1,3-4,7-8,11-12,17H2/t25-/m1/s1. The number of sulfonamides is 1. The number of hydrogen-bond acceptors (Lipinski definition) is 5. The van der Waals surface area contributed by atoms with Crippen molar-refractivity contribution in [2.24, 2.45) is 0 Å². The van der Waals surface area contributed by atoms with Gasteiger partial charge in [-0.15, -0.1) is 0 Å². The van der Waals surface area contributed by atoms with E-state index in [1.165, 1.54) is 30.2 Å². The third-order valence-electron chi connectivity index (χ3n) is 7.29. The SMILES string of the molecule is N#Cc1cc(S(=O)(=O)N2CC[C@@H]2C(=O)N(Cc2cn(C3CCCCC3)cn2)c2ccccc2)cc(F)c1F. The van der Waals surface area contributed by atoms with Crippen LogP contribution < -0.4 is 4.90 Å². The molecule has 5 rings (SSSR count). The van der Waals surface area contributed by atoms with E-state index in [2.05, 4.69) is 9.55 Å². The molecular formula is C27H27F2N5O3S. The molecule has 0 N–H and O–H groups in total. The molecule has 1 amide bonds. The number of halogens is 2. The Bertz CT molecular complexity index is 1480. The summed E-state index contributed by atoms with van der Waals surface area (Å²) >= 11 is 0. The molecule has 1 saturated heterocycles. The Labute approximate surface area is 220 Å². The van der Waals surface area contributed by atoms with Crippen LogP contribution in [0.1, 0.15) is 55.8 Å². The van der Waals surface area contributed by atoms with E-state index in [4.69, 9.17) is 5.26 Å². The van der Waals surface area contributed by atoms with Crippen molar-refractivity contribution < 1.29 is 22.0 Å². The fourth-order valence-corrected chi connectivity index (χ4v) is 6.78. The fraction of sp³-hybridized carbons (Fsp3) is 0.370. The van der Waals surface area contributed by atoms with Gasteiger partial charge in [-0.3, -0.25) is 4.79 Å². The summed E-state index contributed by atoms with van der Waals surface area (Å²) in [5, 5.41) is 9.07. The molecule has 11 heteroatoms. The molecule has 1 saturated carbocycles. The second-order valence-electron chi connectivity index (χ2n) is 9.66. The van der Waals surface area contributed by atoms with Crippen molar-refractivity contribution in [2.75, 3.05) is 11.4 Å². The van der Waals surface area contributed by atoms with Gasteiger partial charge in [-0.1, -0.05) is 37.5 Å². The summed E-state index contributed by atoms with van der Waals surface area (Å²) in [6.07, 6.45) is 9.75. The molecule has 198 valence electrons. The number of carbonyl (C=O) groups excluding carboxylic acids is 1. The van der Waals surface area contributed by atoms with Gasteiger partial charge in [-0.2, -0.15) is 9.57 Å². The van der Waals surface area contributed by atoms with Crippen LogP contribution in [0.2, 0.25) is 0 Å². The molecule has 8 nitrogen and oxygen atoms in total. The number of hydrogen-bond donors (Lipinski definition) is 0. The van der Waals surface area contributed by atoms with Crippen molar-refractivity contribution in [3.8, 4) is 6.07 Å². The minimum absolute atomic E-state index is 0.0402. The lowest BCUT2D eigenvalue weighted by Gasteiger charge is -2.40. The van der Waals surface area contributed by atoms with E-state index in [0.717, 1.165) is 23.2 Å². The van der Waals surface area contributed by atoms with E-state index in [9.17, 15) is 22.0 Å². The molecule has 2 aliphatic rings. The maximum absolute atomic E-state index is 14.0. The highest BCUT2D eigenvalue weighted by Crippen LogP contribution is 2.32. The zero-order chi connectivity index (χ0) is 26.9. The average Bonchev–Trinajstić information content (AvgIpc) is 3.37. The monoisotopic (exact) mass is 539 g/mol. The Balaban J connectivity index is 1.41. The first-order chi connectivity index (χ1) is 18.3. The van der Waals surface area contributed by atoms with E-state index in [0.29, 0.717) is 23.5 Å². The third-order valence-corrected chi connectivity index (χ3v) is 9.18. The highest BCUT2D eigenvalue weighted by Gasteiger charge is 2.45. The third kappa shape index (κ3) is 4.93. The van der Waals surface area contributed by atoms with Crippen LogP contribution in [0.5, 0.6) is 0 Å².